The summed E-state index contributed by atoms with van der Waals surface area (Å²) in [5.41, 5.74) is 0. The van der Waals surface area contributed by atoms with Gasteiger partial charge in [-0.25, -0.2) is 0 Å². The number of hydrogen-bond acceptors (Lipinski definition) is 1. The van der Waals surface area contributed by atoms with Crippen molar-refractivity contribution in [1.29, 1.82) is 0 Å². The molecule has 0 radical (unpaired) electrons. The molecule has 0 amide bonds. The van der Waals surface area contributed by atoms with Crippen molar-refractivity contribution in [1.82, 2.24) is 0 Å². The topological polar surface area (TPSA) is 9.23 Å². The van der Waals surface area contributed by atoms with Gasteiger partial charge in [-0.2, -0.15) is 0 Å². The lowest BCUT2D eigenvalue weighted by atomic mass is 10.0. The minimum Gasteiger partial charge on any atom is -0.377 e. The average Bonchev–Trinajstić information content (AvgIpc) is 2.30. The quantitative estimate of drug-likeness (QED) is 0.632. The highest BCUT2D eigenvalue weighted by Gasteiger charge is 2.09. The lowest BCUT2D eigenvalue weighted by Gasteiger charge is -2.15. The van der Waals surface area contributed by atoms with E-state index in [9.17, 15) is 0 Å². The smallest absolute Gasteiger partial charge is 0.0815 e. The lowest BCUT2D eigenvalue weighted by Crippen LogP contribution is -2.15. The molecule has 0 aliphatic heterocycles. The van der Waals surface area contributed by atoms with E-state index >= 15 is 0 Å². The van der Waals surface area contributed by atoms with Crippen molar-refractivity contribution >= 4 is 0 Å². The van der Waals surface area contributed by atoms with Gasteiger partial charge >= 0.3 is 0 Å². The third-order valence-corrected chi connectivity index (χ3v) is 2.06. The monoisotopic (exact) mass is 206 g/mol. The predicted octanol–water partition coefficient (Wildman–Crippen LogP) is 3.90. The molecule has 0 saturated carbocycles. The van der Waals surface area contributed by atoms with Crippen LogP contribution in [-0.4, -0.2) is 13.2 Å². The second kappa shape index (κ2) is 9.47. The molecule has 0 aromatic rings. The molecule has 0 bridgehead atoms. The molecule has 15 heavy (non-hydrogen) atoms. The van der Waals surface area contributed by atoms with Gasteiger partial charge in [-0.1, -0.05) is 69.4 Å². The van der Waals surface area contributed by atoms with Gasteiger partial charge in [-0.15, -0.1) is 0 Å². The van der Waals surface area contributed by atoms with Crippen molar-refractivity contribution < 1.29 is 4.74 Å². The first kappa shape index (κ1) is 13.9. The molecule has 0 heterocycles. The van der Waals surface area contributed by atoms with Crippen molar-refractivity contribution in [3.05, 3.63) is 48.6 Å². The van der Waals surface area contributed by atoms with Crippen LogP contribution in [0.5, 0.6) is 0 Å². The van der Waals surface area contributed by atoms with E-state index in [1.54, 1.807) is 7.11 Å². The van der Waals surface area contributed by atoms with Gasteiger partial charge in [0, 0.05) is 13.0 Å². The molecule has 1 heteroatoms. The van der Waals surface area contributed by atoms with E-state index in [-0.39, 0.29) is 6.10 Å². The van der Waals surface area contributed by atoms with Gasteiger partial charge in [0.2, 0.25) is 0 Å². The van der Waals surface area contributed by atoms with Gasteiger partial charge in [0.15, 0.2) is 0 Å². The normalized spacial score (nSPS) is 33.1. The van der Waals surface area contributed by atoms with Crippen molar-refractivity contribution in [3.63, 3.8) is 0 Å². The third kappa shape index (κ3) is 6.08. The Bertz CT molecular complexity index is 246. The summed E-state index contributed by atoms with van der Waals surface area (Å²) in [4.78, 5) is 0. The lowest BCUT2D eigenvalue weighted by molar-refractivity contribution is 0.113. The summed E-state index contributed by atoms with van der Waals surface area (Å²) in [6.07, 6.45) is 16.5. The van der Waals surface area contributed by atoms with E-state index < -0.39 is 0 Å². The minimum atomic E-state index is 0.174. The Morgan fingerprint density at radius 2 is 1.27 bits per heavy atom. The first-order valence-electron chi connectivity index (χ1n) is 5.55. The summed E-state index contributed by atoms with van der Waals surface area (Å²) in [5, 5.41) is 0. The Labute approximate surface area is 93.8 Å². The number of methoxy groups -OCH3 is 1. The summed E-state index contributed by atoms with van der Waals surface area (Å²) in [7, 11) is 1.74. The van der Waals surface area contributed by atoms with E-state index in [0.29, 0.717) is 5.92 Å². The van der Waals surface area contributed by atoms with Gasteiger partial charge < -0.3 is 4.74 Å². The summed E-state index contributed by atoms with van der Waals surface area (Å²) in [6.45, 7) is 6.15. The van der Waals surface area contributed by atoms with Crippen molar-refractivity contribution in [2.45, 2.75) is 26.9 Å². The molecule has 1 nitrogen and oxygen atoms in total. The number of hydrogen-bond donors (Lipinski definition) is 0. The Morgan fingerprint density at radius 1 is 0.800 bits per heavy atom. The highest BCUT2D eigenvalue weighted by molar-refractivity contribution is 5.19. The van der Waals surface area contributed by atoms with E-state index in [0.717, 1.165) is 0 Å². The Kier molecular flexibility index (Phi) is 8.79. The first-order chi connectivity index (χ1) is 7.34. The molecule has 1 aliphatic carbocycles. The van der Waals surface area contributed by atoms with Crippen molar-refractivity contribution in [2.75, 3.05) is 7.11 Å². The summed E-state index contributed by atoms with van der Waals surface area (Å²) < 4.78 is 5.34. The maximum Gasteiger partial charge on any atom is 0.0815 e. The molecule has 1 aliphatic rings. The van der Waals surface area contributed by atoms with Crippen LogP contribution in [0.1, 0.15) is 20.8 Å². The summed E-state index contributed by atoms with van der Waals surface area (Å²) in [5.74, 6) is 0.414. The molecule has 0 aromatic heterocycles. The predicted molar refractivity (Wildman–Crippen MR) is 67.9 cm³/mol. The zero-order valence-electron chi connectivity index (χ0n) is 10.2. The van der Waals surface area contributed by atoms with Gasteiger partial charge in [-0.3, -0.25) is 0 Å². The Morgan fingerprint density at radius 3 is 1.80 bits per heavy atom. The SMILES string of the molecule is CC.COC1/C=C/C=C\C=C/C=C/C1C. The molecule has 0 saturated heterocycles. The summed E-state index contributed by atoms with van der Waals surface area (Å²) in [6, 6.07) is 0. The second-order valence-corrected chi connectivity index (χ2v) is 3.10. The molecule has 0 N–H and O–H groups in total. The van der Waals surface area contributed by atoms with Gasteiger partial charge in [0.1, 0.15) is 0 Å². The standard InChI is InChI=1S/C12H16O.C2H6/c1-11-9-7-5-3-4-6-8-10-12(11)13-2;1-2/h3-12H,1-2H3;1-2H3/b5-3-,6-4-,9-7+,10-8+;. The average molecular weight is 206 g/mol. The molecule has 2 atom stereocenters. The zero-order valence-corrected chi connectivity index (χ0v) is 10.2. The van der Waals surface area contributed by atoms with Crippen LogP contribution in [0.25, 0.3) is 0 Å². The summed E-state index contributed by atoms with van der Waals surface area (Å²) >= 11 is 0. The van der Waals surface area contributed by atoms with Crippen LogP contribution in [0, 0.1) is 5.92 Å². The van der Waals surface area contributed by atoms with Crippen LogP contribution >= 0.6 is 0 Å². The fraction of sp³-hybridized carbons (Fsp3) is 0.429. The molecular formula is C14H22O. The second-order valence-electron chi connectivity index (χ2n) is 3.10. The van der Waals surface area contributed by atoms with E-state index in [4.69, 9.17) is 4.74 Å². The van der Waals surface area contributed by atoms with Crippen LogP contribution in [-0.2, 0) is 4.74 Å². The van der Waals surface area contributed by atoms with Crippen molar-refractivity contribution in [2.24, 2.45) is 5.92 Å². The molecule has 0 spiro atoms. The largest absolute Gasteiger partial charge is 0.377 e. The van der Waals surface area contributed by atoms with Crippen LogP contribution < -0.4 is 0 Å². The van der Waals surface area contributed by atoms with Crippen LogP contribution in [0.3, 0.4) is 0 Å². The highest BCUT2D eigenvalue weighted by atomic mass is 16.5. The van der Waals surface area contributed by atoms with Gasteiger partial charge in [-0.05, 0) is 0 Å². The van der Waals surface area contributed by atoms with E-state index in [1.165, 1.54) is 0 Å². The van der Waals surface area contributed by atoms with E-state index in [2.05, 4.69) is 25.2 Å². The Hall–Kier alpha value is -1.08. The van der Waals surface area contributed by atoms with Gasteiger partial charge in [0.25, 0.3) is 0 Å². The zero-order chi connectivity index (χ0) is 11.5. The Balaban J connectivity index is 0.000000921. The molecular weight excluding hydrogens is 184 g/mol. The molecule has 0 aromatic carbocycles. The van der Waals surface area contributed by atoms with Gasteiger partial charge in [0.05, 0.1) is 6.10 Å². The van der Waals surface area contributed by atoms with E-state index in [1.807, 2.05) is 44.2 Å². The maximum atomic E-state index is 5.34. The number of ether oxygens (including phenoxy) is 1. The molecule has 84 valence electrons. The maximum absolute atomic E-state index is 5.34. The molecule has 2 unspecified atom stereocenters. The van der Waals surface area contributed by atoms with Crippen LogP contribution in [0.2, 0.25) is 0 Å². The third-order valence-electron chi connectivity index (χ3n) is 2.06. The number of rotatable bonds is 1. The fourth-order valence-corrected chi connectivity index (χ4v) is 1.25. The van der Waals surface area contributed by atoms with Crippen molar-refractivity contribution in [3.8, 4) is 0 Å². The highest BCUT2D eigenvalue weighted by Crippen LogP contribution is 2.10. The van der Waals surface area contributed by atoms with Crippen LogP contribution in [0.15, 0.2) is 48.6 Å². The minimum absolute atomic E-state index is 0.174. The number of allylic oxidation sites excluding steroid dienone is 6. The van der Waals surface area contributed by atoms with Crippen LogP contribution in [0.4, 0.5) is 0 Å². The molecule has 0 fully saturated rings. The fourth-order valence-electron chi connectivity index (χ4n) is 1.25. The first-order valence-corrected chi connectivity index (χ1v) is 5.55. The molecule has 1 rings (SSSR count).